The van der Waals surface area contributed by atoms with Crippen LogP contribution in [-0.4, -0.2) is 16.2 Å². The van der Waals surface area contributed by atoms with Crippen molar-refractivity contribution in [3.63, 3.8) is 0 Å². The number of amides is 1. The van der Waals surface area contributed by atoms with Crippen molar-refractivity contribution in [2.75, 3.05) is 16.8 Å². The molecule has 1 aromatic heterocycles. The number of thioether (sulfide) groups is 1. The third-order valence-electron chi connectivity index (χ3n) is 2.78. The Labute approximate surface area is 127 Å². The van der Waals surface area contributed by atoms with Crippen molar-refractivity contribution in [1.82, 2.24) is 4.57 Å². The molecule has 5 nitrogen and oxygen atoms in total. The topological polar surface area (TPSA) is 77.1 Å². The van der Waals surface area contributed by atoms with Crippen LogP contribution in [0.5, 0.6) is 0 Å². The number of carbonyl (C=O) groups excluding carboxylic acids is 1. The van der Waals surface area contributed by atoms with Gasteiger partial charge < -0.3 is 15.6 Å². The Morgan fingerprint density at radius 1 is 1.24 bits per heavy atom. The van der Waals surface area contributed by atoms with Crippen LogP contribution >= 0.6 is 11.8 Å². The number of carbonyl (C=O) groups is 1. The number of benzene rings is 1. The molecule has 1 aromatic carbocycles. The second-order valence-corrected chi connectivity index (χ2v) is 5.72. The Balaban J connectivity index is 1.90. The van der Waals surface area contributed by atoms with Crippen molar-refractivity contribution in [2.24, 2.45) is 0 Å². The standard InChI is InChI=1S/C15H17N3O2S/c1-11(19)17-13-3-5-14(6-4-13)21-9-8-18-10-12(16)2-7-15(18)20/h2-7,10H,8-9,16H2,1H3,(H,17,19). The molecule has 3 N–H and O–H groups in total. The molecular formula is C15H17N3O2S. The predicted molar refractivity (Wildman–Crippen MR) is 86.6 cm³/mol. The molecule has 1 heterocycles. The number of nitrogens with one attached hydrogen (secondary N) is 1. The summed E-state index contributed by atoms with van der Waals surface area (Å²) in [5.74, 6) is 0.680. The van der Waals surface area contributed by atoms with Crippen molar-refractivity contribution >= 4 is 29.0 Å². The van der Waals surface area contributed by atoms with E-state index in [4.69, 9.17) is 5.73 Å². The molecule has 0 unspecified atom stereocenters. The molecule has 0 bridgehead atoms. The molecule has 110 valence electrons. The summed E-state index contributed by atoms with van der Waals surface area (Å²) in [7, 11) is 0. The Morgan fingerprint density at radius 2 is 1.95 bits per heavy atom. The van der Waals surface area contributed by atoms with Crippen LogP contribution in [0.3, 0.4) is 0 Å². The summed E-state index contributed by atoms with van der Waals surface area (Å²) in [5.41, 5.74) is 6.97. The molecular weight excluding hydrogens is 286 g/mol. The molecule has 0 fully saturated rings. The van der Waals surface area contributed by atoms with Gasteiger partial charge in [-0.3, -0.25) is 9.59 Å². The molecule has 1 amide bonds. The van der Waals surface area contributed by atoms with Crippen molar-refractivity contribution in [2.45, 2.75) is 18.4 Å². The molecule has 2 rings (SSSR count). The third kappa shape index (κ3) is 4.68. The molecule has 0 atom stereocenters. The highest BCUT2D eigenvalue weighted by Gasteiger charge is 2.00. The van der Waals surface area contributed by atoms with Gasteiger partial charge in [0.15, 0.2) is 0 Å². The van der Waals surface area contributed by atoms with E-state index in [1.165, 1.54) is 13.0 Å². The molecule has 0 aliphatic heterocycles. The number of rotatable bonds is 5. The summed E-state index contributed by atoms with van der Waals surface area (Å²) in [5, 5.41) is 2.72. The minimum Gasteiger partial charge on any atom is -0.398 e. The van der Waals surface area contributed by atoms with Crippen LogP contribution in [-0.2, 0) is 11.3 Å². The van der Waals surface area contributed by atoms with E-state index < -0.39 is 0 Å². The highest BCUT2D eigenvalue weighted by atomic mass is 32.2. The average Bonchev–Trinajstić information content (AvgIpc) is 2.44. The molecule has 0 aliphatic rings. The van der Waals surface area contributed by atoms with Gasteiger partial charge in [-0.2, -0.15) is 0 Å². The summed E-state index contributed by atoms with van der Waals surface area (Å²) >= 11 is 1.64. The number of aryl methyl sites for hydroxylation is 1. The van der Waals surface area contributed by atoms with Crippen molar-refractivity contribution in [1.29, 1.82) is 0 Å². The highest BCUT2D eigenvalue weighted by molar-refractivity contribution is 7.99. The summed E-state index contributed by atoms with van der Waals surface area (Å²) in [4.78, 5) is 23.6. The lowest BCUT2D eigenvalue weighted by Crippen LogP contribution is -2.19. The Morgan fingerprint density at radius 3 is 2.62 bits per heavy atom. The van der Waals surface area contributed by atoms with Crippen LogP contribution < -0.4 is 16.6 Å². The molecule has 0 saturated carbocycles. The van der Waals surface area contributed by atoms with E-state index in [9.17, 15) is 9.59 Å². The first-order chi connectivity index (χ1) is 10.0. The smallest absolute Gasteiger partial charge is 0.250 e. The maximum atomic E-state index is 11.6. The summed E-state index contributed by atoms with van der Waals surface area (Å²) in [6.07, 6.45) is 1.66. The number of nitrogen functional groups attached to an aromatic ring is 1. The first-order valence-electron chi connectivity index (χ1n) is 6.51. The lowest BCUT2D eigenvalue weighted by Gasteiger charge is -2.07. The number of nitrogens with zero attached hydrogens (tertiary/aromatic N) is 1. The first kappa shape index (κ1) is 15.2. The second kappa shape index (κ2) is 6.99. The molecule has 0 saturated heterocycles. The zero-order chi connectivity index (χ0) is 15.2. The van der Waals surface area contributed by atoms with Crippen LogP contribution in [0.2, 0.25) is 0 Å². The van der Waals surface area contributed by atoms with E-state index in [-0.39, 0.29) is 11.5 Å². The van der Waals surface area contributed by atoms with Gasteiger partial charge >= 0.3 is 0 Å². The summed E-state index contributed by atoms with van der Waals surface area (Å²) in [6, 6.07) is 10.7. The molecule has 2 aromatic rings. The maximum Gasteiger partial charge on any atom is 0.250 e. The SMILES string of the molecule is CC(=O)Nc1ccc(SCCn2cc(N)ccc2=O)cc1. The van der Waals surface area contributed by atoms with Crippen molar-refractivity contribution in [3.05, 3.63) is 52.9 Å². The van der Waals surface area contributed by atoms with E-state index in [1.807, 2.05) is 24.3 Å². The first-order valence-corrected chi connectivity index (χ1v) is 7.49. The van der Waals surface area contributed by atoms with Crippen molar-refractivity contribution in [3.8, 4) is 0 Å². The van der Waals surface area contributed by atoms with Crippen LogP contribution in [0.15, 0.2) is 52.3 Å². The van der Waals surface area contributed by atoms with E-state index in [0.717, 1.165) is 16.3 Å². The van der Waals surface area contributed by atoms with Crippen molar-refractivity contribution < 1.29 is 4.79 Å². The fourth-order valence-corrected chi connectivity index (χ4v) is 2.68. The minimum absolute atomic E-state index is 0.0502. The average molecular weight is 303 g/mol. The zero-order valence-corrected chi connectivity index (χ0v) is 12.5. The summed E-state index contributed by atoms with van der Waals surface area (Å²) in [6.45, 7) is 2.08. The lowest BCUT2D eigenvalue weighted by molar-refractivity contribution is -0.114. The monoisotopic (exact) mass is 303 g/mol. The van der Waals surface area contributed by atoms with E-state index >= 15 is 0 Å². The highest BCUT2D eigenvalue weighted by Crippen LogP contribution is 2.20. The van der Waals surface area contributed by atoms with Gasteiger partial charge in [-0.1, -0.05) is 0 Å². The number of nitrogens with two attached hydrogens (primary N) is 1. The number of pyridine rings is 1. The third-order valence-corrected chi connectivity index (χ3v) is 3.77. The fraction of sp³-hybridized carbons (Fsp3) is 0.200. The molecule has 0 radical (unpaired) electrons. The largest absolute Gasteiger partial charge is 0.398 e. The molecule has 0 spiro atoms. The van der Waals surface area contributed by atoms with Gasteiger partial charge in [-0.25, -0.2) is 0 Å². The molecule has 21 heavy (non-hydrogen) atoms. The Bertz CT molecular complexity index is 680. The van der Waals surface area contributed by atoms with Crippen LogP contribution in [0.25, 0.3) is 0 Å². The Kier molecular flexibility index (Phi) is 5.05. The molecule has 0 aliphatic carbocycles. The van der Waals surface area contributed by atoms with Gasteiger partial charge in [0.1, 0.15) is 0 Å². The fourth-order valence-electron chi connectivity index (χ4n) is 1.82. The predicted octanol–water partition coefficient (Wildman–Crippen LogP) is 2.18. The Hall–Kier alpha value is -2.21. The zero-order valence-electron chi connectivity index (χ0n) is 11.7. The normalized spacial score (nSPS) is 10.3. The number of hydrogen-bond acceptors (Lipinski definition) is 4. The lowest BCUT2D eigenvalue weighted by atomic mass is 10.3. The van der Waals surface area contributed by atoms with E-state index in [0.29, 0.717) is 12.2 Å². The van der Waals surface area contributed by atoms with Gasteiger partial charge in [0.2, 0.25) is 5.91 Å². The summed E-state index contributed by atoms with van der Waals surface area (Å²) < 4.78 is 1.61. The molecule has 6 heteroatoms. The van der Waals surface area contributed by atoms with Crippen LogP contribution in [0.1, 0.15) is 6.92 Å². The number of hydrogen-bond donors (Lipinski definition) is 2. The minimum atomic E-state index is -0.0866. The maximum absolute atomic E-state index is 11.6. The number of anilines is 2. The van der Waals surface area contributed by atoms with Gasteiger partial charge in [0, 0.05) is 47.8 Å². The van der Waals surface area contributed by atoms with Gasteiger partial charge in [-0.15, -0.1) is 11.8 Å². The van der Waals surface area contributed by atoms with E-state index in [2.05, 4.69) is 5.32 Å². The van der Waals surface area contributed by atoms with Crippen LogP contribution in [0.4, 0.5) is 11.4 Å². The van der Waals surface area contributed by atoms with Gasteiger partial charge in [-0.05, 0) is 30.3 Å². The second-order valence-electron chi connectivity index (χ2n) is 4.55. The number of aromatic nitrogens is 1. The van der Waals surface area contributed by atoms with E-state index in [1.54, 1.807) is 28.6 Å². The quantitative estimate of drug-likeness (QED) is 0.830. The van der Waals surface area contributed by atoms with Crippen LogP contribution in [0, 0.1) is 0 Å². The van der Waals surface area contributed by atoms with Gasteiger partial charge in [0.25, 0.3) is 5.56 Å². The van der Waals surface area contributed by atoms with Gasteiger partial charge in [0.05, 0.1) is 0 Å².